The zero-order chi connectivity index (χ0) is 102. The first-order valence-electron chi connectivity index (χ1n) is 47.8. The number of benzene rings is 5. The highest BCUT2D eigenvalue weighted by Gasteiger charge is 2.47. The van der Waals surface area contributed by atoms with E-state index in [1.165, 1.54) is 32.2 Å². The third kappa shape index (κ3) is 31.9. The molecule has 0 saturated carbocycles. The van der Waals surface area contributed by atoms with Gasteiger partial charge in [0.2, 0.25) is 23.6 Å². The van der Waals surface area contributed by atoms with Crippen LogP contribution in [0.25, 0.3) is 0 Å². The lowest BCUT2D eigenvalue weighted by Crippen LogP contribution is -2.54. The molecule has 3 saturated heterocycles. The third-order valence-corrected chi connectivity index (χ3v) is 28.1. The Morgan fingerprint density at radius 3 is 1.71 bits per heavy atom. The number of amides is 11. The minimum Gasteiger partial charge on any atom is -0.491 e. The lowest BCUT2D eigenvalue weighted by molar-refractivity contribution is -0.149. The molecule has 766 valence electrons. The van der Waals surface area contributed by atoms with Crippen LogP contribution < -0.4 is 31.3 Å². The van der Waals surface area contributed by atoms with E-state index in [1.54, 1.807) is 134 Å². The fraction of sp³-hybridized carbons (Fsp3) is 0.559. The third-order valence-electron chi connectivity index (χ3n) is 25.8. The van der Waals surface area contributed by atoms with Crippen molar-refractivity contribution in [3.8, 4) is 5.75 Å². The molecule has 6 N–H and O–H groups in total. The number of ketones is 3. The zero-order valence-electron chi connectivity index (χ0n) is 82.4. The normalized spacial score (nSPS) is 17.2. The number of morpholine rings is 2. The van der Waals surface area contributed by atoms with Crippen LogP contribution in [-0.4, -0.2) is 283 Å². The van der Waals surface area contributed by atoms with E-state index in [0.29, 0.717) is 122 Å². The number of ether oxygens (including phenoxy) is 9. The molecule has 4 aliphatic heterocycles. The second kappa shape index (κ2) is 55.1. The number of nitrogens with one attached hydrogen (secondary N) is 3. The molecule has 4 heterocycles. The van der Waals surface area contributed by atoms with Crippen LogP contribution in [0, 0.1) is 47.3 Å². The van der Waals surface area contributed by atoms with Crippen LogP contribution in [0.2, 0.25) is 0 Å². The predicted molar refractivity (Wildman–Crippen MR) is 520 cm³/mol. The number of likely N-dealkylation sites (N-methyl/N-ethyl adjacent to an activating group) is 2. The van der Waals surface area contributed by atoms with Gasteiger partial charge >= 0.3 is 18.3 Å². The smallest absolute Gasteiger partial charge is 0.420 e. The molecule has 0 aromatic heterocycles. The summed E-state index contributed by atoms with van der Waals surface area (Å²) in [6, 6.07) is 27.3. The van der Waals surface area contributed by atoms with Crippen LogP contribution >= 0.6 is 23.5 Å². The van der Waals surface area contributed by atoms with Gasteiger partial charge in [-0.1, -0.05) is 142 Å². The van der Waals surface area contributed by atoms with Gasteiger partial charge in [0.05, 0.1) is 129 Å². The highest BCUT2D eigenvalue weighted by Crippen LogP contribution is 2.47. The van der Waals surface area contributed by atoms with Crippen molar-refractivity contribution in [1.82, 2.24) is 35.1 Å². The first kappa shape index (κ1) is 113. The molecule has 12 atom stereocenters. The van der Waals surface area contributed by atoms with Crippen molar-refractivity contribution in [1.29, 1.82) is 0 Å². The zero-order valence-corrected chi connectivity index (χ0v) is 84.1. The summed E-state index contributed by atoms with van der Waals surface area (Å²) < 4.78 is 95.7. The molecule has 0 aliphatic carbocycles. The van der Waals surface area contributed by atoms with E-state index in [1.807, 2.05) is 65.0 Å². The number of anilines is 2. The summed E-state index contributed by atoms with van der Waals surface area (Å²) in [6.45, 7) is 20.7. The molecule has 33 nitrogen and oxygen atoms in total. The van der Waals surface area contributed by atoms with Crippen molar-refractivity contribution in [2.45, 2.75) is 192 Å². The molecule has 0 radical (unpaired) electrons. The van der Waals surface area contributed by atoms with Gasteiger partial charge in [-0.3, -0.25) is 52.7 Å². The van der Waals surface area contributed by atoms with Gasteiger partial charge in [-0.25, -0.2) is 14.5 Å². The average molecular weight is 1990 g/mol. The topological polar surface area (TPSA) is 407 Å². The Hall–Kier alpha value is -10.7. The summed E-state index contributed by atoms with van der Waals surface area (Å²) in [6.07, 6.45) is -6.29. The fourth-order valence-corrected chi connectivity index (χ4v) is 19.7. The van der Waals surface area contributed by atoms with Gasteiger partial charge in [0.25, 0.3) is 23.6 Å². The van der Waals surface area contributed by atoms with Crippen LogP contribution in [-0.2, 0) is 93.8 Å². The number of urea groups is 1. The number of alkyl halides is 3. The van der Waals surface area contributed by atoms with Crippen LogP contribution in [0.5, 0.6) is 5.75 Å². The molecule has 5 aromatic rings. The van der Waals surface area contributed by atoms with Gasteiger partial charge in [0.1, 0.15) is 31.4 Å². The Morgan fingerprint density at radius 2 is 1.19 bits per heavy atom. The summed E-state index contributed by atoms with van der Waals surface area (Å²) in [7, 11) is 6.17. The summed E-state index contributed by atoms with van der Waals surface area (Å²) in [5.41, 5.74) is 5.98. The van der Waals surface area contributed by atoms with E-state index in [2.05, 4.69) is 16.0 Å². The molecular weight excluding hydrogens is 1850 g/mol. The SMILES string of the molecule is CCC(C)[C@@H]([C@@H](CC(=O)N1CCC[C@H]1[C@H](OC)[C@@H](C)C(=O)C[C@H](C)[C@@H](O)c1ccccc1)OC)N(C)C(=O)[C@@H](CC(=O)[C@H](C(C)C)N(C)C(=O)OCc1ccc(NC(=O)[C@H](CCCNC(N)=O)CC(=O)[C@@H](NC(=O)COCCOCCOCCOc2ccc(N3C(=O)C(Sc4ccc(C(=O)N5CCOCC5)cc4)=C(Sc4ccc(C(=O)N5CCOCC5)cc4)C3=O)cc2C(F)(F)F)C(C)C)cc1)C(C)C. The number of halogens is 3. The van der Waals surface area contributed by atoms with Crippen molar-refractivity contribution in [3.63, 3.8) is 0 Å². The lowest BCUT2D eigenvalue weighted by Gasteiger charge is -2.41. The number of methoxy groups -OCH3 is 2. The van der Waals surface area contributed by atoms with Crippen molar-refractivity contribution in [2.75, 3.05) is 150 Å². The number of carbonyl (C=O) groups is 13. The highest BCUT2D eigenvalue weighted by atomic mass is 32.2. The number of carbonyl (C=O) groups excluding carboxylic acids is 13. The number of nitrogens with zero attached hydrogens (tertiary/aromatic N) is 6. The maximum atomic E-state index is 15.0. The van der Waals surface area contributed by atoms with Crippen LogP contribution in [0.1, 0.15) is 171 Å². The van der Waals surface area contributed by atoms with E-state index in [9.17, 15) is 80.6 Å². The van der Waals surface area contributed by atoms with E-state index in [0.717, 1.165) is 35.2 Å². The predicted octanol–water partition coefficient (Wildman–Crippen LogP) is 12.6. The van der Waals surface area contributed by atoms with Crippen LogP contribution in [0.15, 0.2) is 141 Å². The molecular formula is C102H137F3N10O23S2. The summed E-state index contributed by atoms with van der Waals surface area (Å²) in [5, 5.41) is 19.1. The Balaban J connectivity index is 0.709. The Bertz CT molecular complexity index is 4930. The molecule has 0 bridgehead atoms. The number of hydrogen-bond donors (Lipinski definition) is 5. The van der Waals surface area contributed by atoms with Gasteiger partial charge in [0, 0.05) is 131 Å². The second-order valence-corrected chi connectivity index (χ2v) is 38.9. The molecule has 0 spiro atoms. The maximum Gasteiger partial charge on any atom is 0.420 e. The number of hydrogen-bond acceptors (Lipinski definition) is 25. The molecule has 11 amide bonds. The van der Waals surface area contributed by atoms with Crippen molar-refractivity contribution >= 4 is 112 Å². The first-order chi connectivity index (χ1) is 66.8. The first-order valence-corrected chi connectivity index (χ1v) is 49.5. The standard InChI is InChI=1S/C102H137F3N10O23S2/c1-15-65(8)89(84(130-13)59-86(120)114-40-20-24-79(114)91(131-14)67(10)80(116)55-66(9)90(121)69-21-17-16-18-22-69)110(11)97(125)77(62(2)3)58-82(118)88(64(6)7)111(12)101(129)138-60-68-25-31-73(32-26-68)108-94(122)72(23-19-39-107-100(106)128)56-81(117)87(63(4)5)109-85(119)61-136-52-51-134-49-50-135-53-54-137-83-38-33-74(57-78(83)102(103,104)105)115-98(126)92(139-75-34-27-70(28-35-75)95(123)112-41-45-132-46-42-112)93(99(115)127)140-76-36-29-71(30-37-76)96(124)113-43-47-133-48-44-113/h16-18,21-22,25-38,57,62-67,72,77,79,84,87-91,121H,15,19-20,23-24,39-56,58-61H2,1-14H3,(H,108,122)(H,109,119)(H3,106,107,128)/t65?,66-,67-,72+,77-,79-,84+,87-,88-,89-,90+,91+/m0/s1. The number of likely N-dealkylation sites (tertiary alicyclic amines) is 1. The van der Waals surface area contributed by atoms with E-state index in [4.69, 9.17) is 48.4 Å². The number of primary amides is 1. The number of aliphatic hydroxyl groups is 1. The fourth-order valence-electron chi connectivity index (χ4n) is 17.7. The molecule has 5 aromatic carbocycles. The summed E-state index contributed by atoms with van der Waals surface area (Å²) in [4.78, 5) is 190. The van der Waals surface area contributed by atoms with Gasteiger partial charge in [0.15, 0.2) is 11.6 Å². The molecule has 4 aliphatic rings. The number of imide groups is 1. The number of nitrogens with two attached hydrogens (primary N) is 1. The van der Waals surface area contributed by atoms with Crippen LogP contribution in [0.4, 0.5) is 34.1 Å². The second-order valence-electron chi connectivity index (χ2n) is 36.7. The van der Waals surface area contributed by atoms with Crippen molar-refractivity contribution < 1.29 is 123 Å². The number of rotatable bonds is 54. The van der Waals surface area contributed by atoms with E-state index in [-0.39, 0.29) is 160 Å². The monoisotopic (exact) mass is 1990 g/mol. The highest BCUT2D eigenvalue weighted by molar-refractivity contribution is 8.08. The molecule has 140 heavy (non-hydrogen) atoms. The van der Waals surface area contributed by atoms with E-state index >= 15 is 0 Å². The lowest BCUT2D eigenvalue weighted by atomic mass is 9.83. The van der Waals surface area contributed by atoms with Gasteiger partial charge in [-0.2, -0.15) is 13.2 Å². The van der Waals surface area contributed by atoms with E-state index < -0.39 is 138 Å². The minimum atomic E-state index is -5.02. The number of thioether (sulfide) groups is 2. The maximum absolute atomic E-state index is 15.0. The average Bonchev–Trinajstić information content (AvgIpc) is 1.61. The Kier molecular flexibility index (Phi) is 44.4. The quantitative estimate of drug-likeness (QED) is 0.0178. The Morgan fingerprint density at radius 1 is 0.621 bits per heavy atom. The van der Waals surface area contributed by atoms with Gasteiger partial charge < -0.3 is 93.9 Å². The van der Waals surface area contributed by atoms with Crippen molar-refractivity contribution in [3.05, 3.63) is 159 Å². The number of aliphatic hydroxyl groups excluding tert-OH is 1. The van der Waals surface area contributed by atoms with Crippen LogP contribution in [0.3, 0.4) is 0 Å². The molecule has 38 heteroatoms. The van der Waals surface area contributed by atoms with Crippen molar-refractivity contribution in [2.24, 2.45) is 53.1 Å². The van der Waals surface area contributed by atoms with Gasteiger partial charge in [-0.15, -0.1) is 0 Å². The molecule has 9 rings (SSSR count). The molecule has 3 fully saturated rings. The summed E-state index contributed by atoms with van der Waals surface area (Å²) >= 11 is 1.82. The summed E-state index contributed by atoms with van der Waals surface area (Å²) in [5.74, 6) is -9.60. The molecule has 1 unspecified atom stereocenters. The van der Waals surface area contributed by atoms with Gasteiger partial charge in [-0.05, 0) is 145 Å². The minimum absolute atomic E-state index is 0.00563. The largest absolute Gasteiger partial charge is 0.491 e. The Labute approximate surface area is 825 Å². The number of Topliss-reactive ketones (excluding diaryl/α,β-unsaturated/α-hetero) is 3.